The van der Waals surface area contributed by atoms with Crippen LogP contribution in [0.4, 0.5) is 9.18 Å². The van der Waals surface area contributed by atoms with Gasteiger partial charge in [-0.2, -0.15) is 0 Å². The van der Waals surface area contributed by atoms with Crippen LogP contribution < -0.4 is 10.1 Å². The van der Waals surface area contributed by atoms with Crippen molar-refractivity contribution in [3.63, 3.8) is 0 Å². The zero-order valence-electron chi connectivity index (χ0n) is 18.9. The predicted molar refractivity (Wildman–Crippen MR) is 126 cm³/mol. The van der Waals surface area contributed by atoms with E-state index >= 15 is 0 Å². The maximum absolute atomic E-state index is 13.0. The van der Waals surface area contributed by atoms with E-state index < -0.39 is 12.1 Å². The van der Waals surface area contributed by atoms with Crippen molar-refractivity contribution < 1.29 is 23.5 Å². The van der Waals surface area contributed by atoms with Gasteiger partial charge in [-0.15, -0.1) is 12.4 Å². The molecule has 0 aromatic heterocycles. The van der Waals surface area contributed by atoms with Crippen LogP contribution in [0.1, 0.15) is 11.1 Å². The Morgan fingerprint density at radius 1 is 1.15 bits per heavy atom. The monoisotopic (exact) mass is 490 g/mol. The van der Waals surface area contributed by atoms with Crippen LogP contribution in [0.5, 0.6) is 5.75 Å². The van der Waals surface area contributed by atoms with Crippen molar-refractivity contribution >= 4 is 30.3 Å². The van der Waals surface area contributed by atoms with E-state index in [4.69, 9.17) is 4.74 Å². The van der Waals surface area contributed by atoms with Gasteiger partial charge in [-0.25, -0.2) is 9.18 Å². The number of carbonyl (C=O) groups excluding carboxylic acids is 3. The van der Waals surface area contributed by atoms with Crippen molar-refractivity contribution in [1.29, 1.82) is 0 Å². The second-order valence-corrected chi connectivity index (χ2v) is 8.28. The first kappa shape index (κ1) is 25.5. The molecule has 1 N–H and O–H groups in total. The molecule has 4 amide bonds. The summed E-state index contributed by atoms with van der Waals surface area (Å²) in [5, 5.41) is 2.78. The summed E-state index contributed by atoms with van der Waals surface area (Å²) in [6, 6.07) is 12.6. The number of hydrogen-bond donors (Lipinski definition) is 1. The number of aryl methyl sites for hydroxylation is 1. The topological polar surface area (TPSA) is 82.2 Å². The molecule has 2 aromatic carbocycles. The molecule has 2 saturated heterocycles. The molecule has 8 nitrogen and oxygen atoms in total. The highest BCUT2D eigenvalue weighted by atomic mass is 35.5. The molecule has 1 unspecified atom stereocenters. The minimum atomic E-state index is -0.596. The van der Waals surface area contributed by atoms with Gasteiger partial charge >= 0.3 is 6.03 Å². The number of nitrogens with zero attached hydrogens (tertiary/aromatic N) is 3. The second kappa shape index (κ2) is 11.3. The molecule has 2 aromatic rings. The highest BCUT2D eigenvalue weighted by Crippen LogP contribution is 2.22. The number of carbonyl (C=O) groups is 3. The van der Waals surface area contributed by atoms with Gasteiger partial charge in [-0.3, -0.25) is 19.4 Å². The van der Waals surface area contributed by atoms with Gasteiger partial charge in [0.25, 0.3) is 5.91 Å². The van der Waals surface area contributed by atoms with Gasteiger partial charge in [0.15, 0.2) is 0 Å². The van der Waals surface area contributed by atoms with Crippen LogP contribution in [0.2, 0.25) is 0 Å². The number of nitrogens with one attached hydrogen (secondary N) is 1. The lowest BCUT2D eigenvalue weighted by atomic mass is 10.1. The average molecular weight is 491 g/mol. The van der Waals surface area contributed by atoms with Crippen LogP contribution in [-0.2, 0) is 16.1 Å². The first-order chi connectivity index (χ1) is 15.9. The number of ether oxygens (including phenoxy) is 1. The zero-order valence-corrected chi connectivity index (χ0v) is 19.7. The lowest BCUT2D eigenvalue weighted by Crippen LogP contribution is -2.53. The predicted octanol–water partition coefficient (Wildman–Crippen LogP) is 2.20. The normalized spacial score (nSPS) is 17.9. The van der Waals surface area contributed by atoms with Crippen LogP contribution in [0, 0.1) is 12.7 Å². The number of amides is 4. The van der Waals surface area contributed by atoms with Crippen LogP contribution in [0.25, 0.3) is 0 Å². The maximum Gasteiger partial charge on any atom is 0.328 e. The molecule has 10 heteroatoms. The van der Waals surface area contributed by atoms with Gasteiger partial charge < -0.3 is 15.0 Å². The van der Waals surface area contributed by atoms with Gasteiger partial charge in [-0.1, -0.05) is 29.8 Å². The van der Waals surface area contributed by atoms with E-state index in [1.54, 1.807) is 12.1 Å². The Balaban J connectivity index is 0.00000324. The fourth-order valence-electron chi connectivity index (χ4n) is 4.10. The molecule has 4 rings (SSSR count). The summed E-state index contributed by atoms with van der Waals surface area (Å²) < 4.78 is 18.6. The third-order valence-corrected chi connectivity index (χ3v) is 5.86. The number of rotatable bonds is 8. The first-order valence-electron chi connectivity index (χ1n) is 11.0. The van der Waals surface area contributed by atoms with E-state index in [0.29, 0.717) is 45.1 Å². The third kappa shape index (κ3) is 6.03. The zero-order chi connectivity index (χ0) is 23.4. The number of fused-ring (bicyclic) bond motifs is 1. The summed E-state index contributed by atoms with van der Waals surface area (Å²) in [6.45, 7) is 4.38. The number of imide groups is 1. The summed E-state index contributed by atoms with van der Waals surface area (Å²) in [6.07, 6.45) is 0. The van der Waals surface area contributed by atoms with Crippen molar-refractivity contribution in [3.05, 3.63) is 65.5 Å². The Morgan fingerprint density at radius 3 is 2.65 bits per heavy atom. The van der Waals surface area contributed by atoms with Gasteiger partial charge in [0.1, 0.15) is 30.8 Å². The van der Waals surface area contributed by atoms with Crippen LogP contribution >= 0.6 is 12.4 Å². The van der Waals surface area contributed by atoms with Crippen molar-refractivity contribution in [2.24, 2.45) is 0 Å². The molecular formula is C24H28ClFN4O4. The summed E-state index contributed by atoms with van der Waals surface area (Å²) >= 11 is 0. The number of piperazine rings is 1. The Hall–Kier alpha value is -3.17. The largest absolute Gasteiger partial charge is 0.492 e. The molecule has 2 aliphatic heterocycles. The van der Waals surface area contributed by atoms with Crippen LogP contribution in [0.15, 0.2) is 48.5 Å². The van der Waals surface area contributed by atoms with Crippen molar-refractivity contribution in [3.8, 4) is 5.75 Å². The molecule has 182 valence electrons. The molecule has 0 aliphatic carbocycles. The highest BCUT2D eigenvalue weighted by Gasteiger charge is 2.47. The third-order valence-electron chi connectivity index (χ3n) is 5.86. The highest BCUT2D eigenvalue weighted by molar-refractivity contribution is 6.06. The van der Waals surface area contributed by atoms with E-state index in [1.807, 2.05) is 31.2 Å². The first-order valence-corrected chi connectivity index (χ1v) is 11.0. The minimum absolute atomic E-state index is 0. The fourth-order valence-corrected chi connectivity index (χ4v) is 4.10. The molecule has 0 radical (unpaired) electrons. The summed E-state index contributed by atoms with van der Waals surface area (Å²) in [4.78, 5) is 42.6. The van der Waals surface area contributed by atoms with Gasteiger partial charge in [0, 0.05) is 32.7 Å². The van der Waals surface area contributed by atoms with E-state index in [0.717, 1.165) is 16.0 Å². The molecule has 0 bridgehead atoms. The molecule has 2 heterocycles. The lowest BCUT2D eigenvalue weighted by Gasteiger charge is -2.35. The molecule has 2 fully saturated rings. The standard InChI is InChI=1S/C24H27FN4O4.ClH/c1-17-3-2-4-18(13-17)14-26-22(30)16-29-23(31)21-15-27(9-10-28(21)24(29)32)11-12-33-20-7-5-19(25)6-8-20;/h2-8,13,21H,9-12,14-16H2,1H3,(H,26,30);1H. The van der Waals surface area contributed by atoms with E-state index in [2.05, 4.69) is 10.2 Å². The van der Waals surface area contributed by atoms with Crippen molar-refractivity contribution in [1.82, 2.24) is 20.0 Å². The molecule has 0 saturated carbocycles. The Bertz CT molecular complexity index is 1040. The molecule has 1 atom stereocenters. The SMILES string of the molecule is Cc1cccc(CNC(=O)CN2C(=O)C3CN(CCOc4ccc(F)cc4)CCN3C2=O)c1.Cl. The van der Waals surface area contributed by atoms with Gasteiger partial charge in [-0.05, 0) is 36.8 Å². The maximum atomic E-state index is 13.0. The van der Waals surface area contributed by atoms with Crippen LogP contribution in [0.3, 0.4) is 0 Å². The van der Waals surface area contributed by atoms with Crippen molar-refractivity contribution in [2.75, 3.05) is 39.3 Å². The minimum Gasteiger partial charge on any atom is -0.492 e. The fraction of sp³-hybridized carbons (Fsp3) is 0.375. The Morgan fingerprint density at radius 2 is 1.91 bits per heavy atom. The number of benzene rings is 2. The molecular weight excluding hydrogens is 463 g/mol. The molecule has 0 spiro atoms. The number of hydrogen-bond acceptors (Lipinski definition) is 5. The molecule has 2 aliphatic rings. The van der Waals surface area contributed by atoms with Crippen LogP contribution in [-0.4, -0.2) is 77.9 Å². The summed E-state index contributed by atoms with van der Waals surface area (Å²) in [5.74, 6) is -0.473. The molecule has 34 heavy (non-hydrogen) atoms. The quantitative estimate of drug-likeness (QED) is 0.574. The van der Waals surface area contributed by atoms with E-state index in [9.17, 15) is 18.8 Å². The lowest BCUT2D eigenvalue weighted by molar-refractivity contribution is -0.133. The van der Waals surface area contributed by atoms with Gasteiger partial charge in [0.05, 0.1) is 0 Å². The van der Waals surface area contributed by atoms with Crippen molar-refractivity contribution in [2.45, 2.75) is 19.5 Å². The van der Waals surface area contributed by atoms with Gasteiger partial charge in [0.2, 0.25) is 5.91 Å². The average Bonchev–Trinajstić information content (AvgIpc) is 3.03. The van der Waals surface area contributed by atoms with E-state index in [-0.39, 0.29) is 36.6 Å². The van der Waals surface area contributed by atoms with E-state index in [1.165, 1.54) is 17.0 Å². The summed E-state index contributed by atoms with van der Waals surface area (Å²) in [5.41, 5.74) is 2.05. The Labute approximate surface area is 204 Å². The Kier molecular flexibility index (Phi) is 8.46. The smallest absolute Gasteiger partial charge is 0.328 e. The number of urea groups is 1. The second-order valence-electron chi connectivity index (χ2n) is 8.28. The summed E-state index contributed by atoms with van der Waals surface area (Å²) in [7, 11) is 0. The number of halogens is 2.